The summed E-state index contributed by atoms with van der Waals surface area (Å²) in [6.45, 7) is 2.55. The van der Waals surface area contributed by atoms with Gasteiger partial charge in [0, 0.05) is 18.0 Å². The van der Waals surface area contributed by atoms with E-state index in [1.165, 1.54) is 5.56 Å². The fourth-order valence-corrected chi connectivity index (χ4v) is 4.31. The number of benzene rings is 2. The summed E-state index contributed by atoms with van der Waals surface area (Å²) in [5, 5.41) is 6.08. The maximum absolute atomic E-state index is 12.7. The van der Waals surface area contributed by atoms with Gasteiger partial charge in [-0.25, -0.2) is 0 Å². The zero-order chi connectivity index (χ0) is 21.8. The first-order valence-electron chi connectivity index (χ1n) is 10.7. The summed E-state index contributed by atoms with van der Waals surface area (Å²) in [5.74, 6) is 0.614. The molecule has 6 heteroatoms. The maximum atomic E-state index is 12.7. The molecule has 6 nitrogen and oxygen atoms in total. The Balaban J connectivity index is 1.36. The lowest BCUT2D eigenvalue weighted by molar-refractivity contribution is -0.134. The molecule has 1 heterocycles. The number of ether oxygens (including phenoxy) is 2. The van der Waals surface area contributed by atoms with E-state index >= 15 is 0 Å². The molecule has 3 atom stereocenters. The van der Waals surface area contributed by atoms with Crippen molar-refractivity contribution in [3.63, 3.8) is 0 Å². The number of aryl methyl sites for hydroxylation is 1. The molecule has 0 radical (unpaired) electrons. The smallest absolute Gasteiger partial charge is 0.286 e. The first kappa shape index (κ1) is 21.0. The molecule has 1 saturated heterocycles. The van der Waals surface area contributed by atoms with E-state index in [0.717, 1.165) is 24.0 Å². The molecule has 31 heavy (non-hydrogen) atoms. The molecule has 0 bridgehead atoms. The van der Waals surface area contributed by atoms with Gasteiger partial charge in [-0.3, -0.25) is 9.59 Å². The number of hydrogen-bond acceptors (Lipinski definition) is 4. The highest BCUT2D eigenvalue weighted by atomic mass is 16.5. The van der Waals surface area contributed by atoms with Gasteiger partial charge in [0.2, 0.25) is 5.91 Å². The van der Waals surface area contributed by atoms with Crippen LogP contribution in [0, 0.1) is 12.8 Å². The van der Waals surface area contributed by atoms with Crippen molar-refractivity contribution in [3.05, 3.63) is 71.0 Å². The molecule has 2 aromatic rings. The molecule has 4 rings (SSSR count). The monoisotopic (exact) mass is 420 g/mol. The van der Waals surface area contributed by atoms with Gasteiger partial charge in [0.15, 0.2) is 5.76 Å². The van der Waals surface area contributed by atoms with Gasteiger partial charge in [-0.15, -0.1) is 0 Å². The van der Waals surface area contributed by atoms with Crippen LogP contribution in [0.25, 0.3) is 6.08 Å². The van der Waals surface area contributed by atoms with Crippen molar-refractivity contribution in [2.75, 3.05) is 7.11 Å². The highest BCUT2D eigenvalue weighted by Crippen LogP contribution is 2.32. The number of nitrogens with one attached hydrogen (secondary N) is 2. The Morgan fingerprint density at radius 2 is 2.06 bits per heavy atom. The zero-order valence-electron chi connectivity index (χ0n) is 17.9. The number of rotatable bonds is 5. The number of carbonyl (C=O) groups excluding carboxylic acids is 2. The Morgan fingerprint density at radius 1 is 1.23 bits per heavy atom. The van der Waals surface area contributed by atoms with Crippen molar-refractivity contribution in [1.29, 1.82) is 0 Å². The molecule has 0 aromatic heterocycles. The predicted octanol–water partition coefficient (Wildman–Crippen LogP) is 3.34. The van der Waals surface area contributed by atoms with Crippen molar-refractivity contribution in [2.45, 2.75) is 44.9 Å². The fraction of sp³-hybridized carbons (Fsp3) is 0.360. The topological polar surface area (TPSA) is 76.7 Å². The summed E-state index contributed by atoms with van der Waals surface area (Å²) >= 11 is 0. The second kappa shape index (κ2) is 9.25. The van der Waals surface area contributed by atoms with Crippen LogP contribution in [-0.2, 0) is 20.9 Å². The number of morpholine rings is 1. The second-order valence-electron chi connectivity index (χ2n) is 8.20. The SMILES string of the molecule is COc1ccccc1/C=C1/OC2CCC(C(=O)NCc3cccc(C)c3)CC2NC1=O. The van der Waals surface area contributed by atoms with E-state index in [0.29, 0.717) is 18.7 Å². The Morgan fingerprint density at radius 3 is 2.87 bits per heavy atom. The third-order valence-corrected chi connectivity index (χ3v) is 5.95. The fourth-order valence-electron chi connectivity index (χ4n) is 4.31. The van der Waals surface area contributed by atoms with Crippen LogP contribution in [0.4, 0.5) is 0 Å². The lowest BCUT2D eigenvalue weighted by atomic mass is 9.82. The third kappa shape index (κ3) is 4.90. The molecular weight excluding hydrogens is 392 g/mol. The first-order chi connectivity index (χ1) is 15.0. The van der Waals surface area contributed by atoms with E-state index in [4.69, 9.17) is 9.47 Å². The first-order valence-corrected chi connectivity index (χ1v) is 10.7. The van der Waals surface area contributed by atoms with Gasteiger partial charge in [0.05, 0.1) is 13.2 Å². The standard InChI is InChI=1S/C25H28N2O4/c1-16-6-5-7-17(12-16)15-26-24(28)19-10-11-22-20(13-19)27-25(29)23(31-22)14-18-8-3-4-9-21(18)30-2/h3-9,12,14,19-20,22H,10-11,13,15H2,1-2H3,(H,26,28)(H,27,29)/b23-14+. The molecule has 2 amide bonds. The average Bonchev–Trinajstić information content (AvgIpc) is 2.78. The van der Waals surface area contributed by atoms with Crippen molar-refractivity contribution in [2.24, 2.45) is 5.92 Å². The molecular formula is C25H28N2O4. The highest BCUT2D eigenvalue weighted by Gasteiger charge is 2.40. The van der Waals surface area contributed by atoms with E-state index in [-0.39, 0.29) is 35.6 Å². The molecule has 2 fully saturated rings. The Kier molecular flexibility index (Phi) is 6.26. The minimum atomic E-state index is -0.257. The van der Waals surface area contributed by atoms with Crippen molar-refractivity contribution in [3.8, 4) is 5.75 Å². The van der Waals surface area contributed by atoms with Gasteiger partial charge in [-0.05, 0) is 43.9 Å². The molecule has 0 spiro atoms. The van der Waals surface area contributed by atoms with Crippen molar-refractivity contribution in [1.82, 2.24) is 10.6 Å². The minimum Gasteiger partial charge on any atom is -0.496 e. The Bertz CT molecular complexity index is 1000. The molecule has 162 valence electrons. The molecule has 1 saturated carbocycles. The number of amides is 2. The van der Waals surface area contributed by atoms with Gasteiger partial charge in [-0.2, -0.15) is 0 Å². The highest BCUT2D eigenvalue weighted by molar-refractivity contribution is 5.97. The van der Waals surface area contributed by atoms with E-state index in [1.54, 1.807) is 13.2 Å². The van der Waals surface area contributed by atoms with Crippen LogP contribution in [0.15, 0.2) is 54.3 Å². The van der Waals surface area contributed by atoms with Gasteiger partial charge in [-0.1, -0.05) is 48.0 Å². The quantitative estimate of drug-likeness (QED) is 0.728. The molecule has 1 aliphatic heterocycles. The van der Waals surface area contributed by atoms with Crippen LogP contribution in [0.5, 0.6) is 5.75 Å². The lowest BCUT2D eigenvalue weighted by Crippen LogP contribution is -2.54. The zero-order valence-corrected chi connectivity index (χ0v) is 17.9. The van der Waals surface area contributed by atoms with Crippen LogP contribution in [0.2, 0.25) is 0 Å². The Labute approximate surface area is 182 Å². The van der Waals surface area contributed by atoms with Crippen molar-refractivity contribution >= 4 is 17.9 Å². The van der Waals surface area contributed by atoms with Crippen LogP contribution in [-0.4, -0.2) is 31.1 Å². The molecule has 1 aliphatic carbocycles. The third-order valence-electron chi connectivity index (χ3n) is 5.95. The second-order valence-corrected chi connectivity index (χ2v) is 8.20. The summed E-state index contributed by atoms with van der Waals surface area (Å²) in [4.78, 5) is 25.3. The van der Waals surface area contributed by atoms with Crippen molar-refractivity contribution < 1.29 is 19.1 Å². The van der Waals surface area contributed by atoms with Gasteiger partial charge < -0.3 is 20.1 Å². The van der Waals surface area contributed by atoms with E-state index in [2.05, 4.69) is 16.7 Å². The lowest BCUT2D eigenvalue weighted by Gasteiger charge is -2.39. The molecule has 2 N–H and O–H groups in total. The summed E-state index contributed by atoms with van der Waals surface area (Å²) in [7, 11) is 1.60. The number of fused-ring (bicyclic) bond motifs is 1. The number of para-hydroxylation sites is 1. The average molecular weight is 421 g/mol. The molecule has 3 unspecified atom stereocenters. The van der Waals surface area contributed by atoms with E-state index in [9.17, 15) is 9.59 Å². The summed E-state index contributed by atoms with van der Waals surface area (Å²) in [6, 6.07) is 15.4. The number of carbonyl (C=O) groups is 2. The summed E-state index contributed by atoms with van der Waals surface area (Å²) in [5.41, 5.74) is 3.05. The summed E-state index contributed by atoms with van der Waals surface area (Å²) < 4.78 is 11.4. The van der Waals surface area contributed by atoms with Crippen LogP contribution < -0.4 is 15.4 Å². The minimum absolute atomic E-state index is 0.0320. The normalized spacial score (nSPS) is 24.0. The van der Waals surface area contributed by atoms with Gasteiger partial charge in [0.1, 0.15) is 11.9 Å². The van der Waals surface area contributed by atoms with E-state index in [1.807, 2.05) is 49.4 Å². The van der Waals surface area contributed by atoms with Crippen LogP contribution in [0.3, 0.4) is 0 Å². The number of methoxy groups -OCH3 is 1. The number of hydrogen-bond donors (Lipinski definition) is 2. The van der Waals surface area contributed by atoms with Gasteiger partial charge >= 0.3 is 0 Å². The van der Waals surface area contributed by atoms with Gasteiger partial charge in [0.25, 0.3) is 5.91 Å². The molecule has 2 aromatic carbocycles. The van der Waals surface area contributed by atoms with E-state index < -0.39 is 0 Å². The molecule has 2 aliphatic rings. The van der Waals surface area contributed by atoms with Crippen LogP contribution in [0.1, 0.15) is 36.0 Å². The Hall–Kier alpha value is -3.28. The largest absolute Gasteiger partial charge is 0.496 e. The predicted molar refractivity (Wildman–Crippen MR) is 118 cm³/mol. The maximum Gasteiger partial charge on any atom is 0.286 e. The van der Waals surface area contributed by atoms with Crippen LogP contribution >= 0.6 is 0 Å². The summed E-state index contributed by atoms with van der Waals surface area (Å²) in [6.07, 6.45) is 3.62.